The number of hydrogen-bond acceptors (Lipinski definition) is 3. The minimum Gasteiger partial charge on any atom is -0.381 e. The Hall–Kier alpha value is -0.970. The van der Waals surface area contributed by atoms with E-state index in [9.17, 15) is 4.39 Å². The number of likely N-dealkylation sites (N-methyl/N-ethyl adjacent to an activating group) is 1. The second kappa shape index (κ2) is 6.66. The highest BCUT2D eigenvalue weighted by Gasteiger charge is 2.38. The fourth-order valence-electron chi connectivity index (χ4n) is 3.25. The molecule has 0 bridgehead atoms. The van der Waals surface area contributed by atoms with Gasteiger partial charge in [-0.25, -0.2) is 4.39 Å². The van der Waals surface area contributed by atoms with Gasteiger partial charge in [0.25, 0.3) is 0 Å². The SMILES string of the molecule is COC1CCCC(CN)(N(C)Cc2cccc(F)c2)C1. The van der Waals surface area contributed by atoms with Gasteiger partial charge in [-0.05, 0) is 50.4 Å². The standard InChI is InChI=1S/C16H25FN2O/c1-19(11-13-5-3-6-14(17)9-13)16(12-18)8-4-7-15(10-16)20-2/h3,5-6,9,15H,4,7-8,10-12,18H2,1-2H3. The number of methoxy groups -OCH3 is 1. The van der Waals surface area contributed by atoms with Crippen molar-refractivity contribution in [2.45, 2.75) is 43.9 Å². The van der Waals surface area contributed by atoms with Gasteiger partial charge in [-0.3, -0.25) is 4.90 Å². The summed E-state index contributed by atoms with van der Waals surface area (Å²) in [6.07, 6.45) is 4.54. The van der Waals surface area contributed by atoms with Crippen molar-refractivity contribution in [1.29, 1.82) is 0 Å². The van der Waals surface area contributed by atoms with Crippen LogP contribution < -0.4 is 5.73 Å². The average Bonchev–Trinajstić information content (AvgIpc) is 2.47. The minimum atomic E-state index is -0.184. The predicted molar refractivity (Wildman–Crippen MR) is 78.9 cm³/mol. The van der Waals surface area contributed by atoms with Crippen molar-refractivity contribution >= 4 is 0 Å². The Morgan fingerprint density at radius 3 is 2.95 bits per heavy atom. The van der Waals surface area contributed by atoms with Gasteiger partial charge < -0.3 is 10.5 Å². The van der Waals surface area contributed by atoms with Crippen molar-refractivity contribution in [3.63, 3.8) is 0 Å². The Morgan fingerprint density at radius 1 is 1.50 bits per heavy atom. The Morgan fingerprint density at radius 2 is 2.30 bits per heavy atom. The first kappa shape index (κ1) is 15.4. The van der Waals surface area contributed by atoms with Crippen LogP contribution in [0.4, 0.5) is 4.39 Å². The van der Waals surface area contributed by atoms with Crippen molar-refractivity contribution in [3.05, 3.63) is 35.6 Å². The second-order valence-corrected chi connectivity index (χ2v) is 5.87. The van der Waals surface area contributed by atoms with E-state index < -0.39 is 0 Å². The summed E-state index contributed by atoms with van der Waals surface area (Å²) in [5.74, 6) is -0.184. The van der Waals surface area contributed by atoms with Crippen molar-refractivity contribution in [2.75, 3.05) is 20.7 Å². The molecule has 2 rings (SSSR count). The van der Waals surface area contributed by atoms with E-state index in [1.807, 2.05) is 6.07 Å². The van der Waals surface area contributed by atoms with Crippen LogP contribution in [-0.2, 0) is 11.3 Å². The van der Waals surface area contributed by atoms with Crippen LogP contribution in [0.25, 0.3) is 0 Å². The van der Waals surface area contributed by atoms with Gasteiger partial charge in [-0.1, -0.05) is 12.1 Å². The van der Waals surface area contributed by atoms with E-state index in [0.29, 0.717) is 13.1 Å². The predicted octanol–water partition coefficient (Wildman–Crippen LogP) is 2.54. The molecule has 1 aromatic rings. The molecule has 0 amide bonds. The fourth-order valence-corrected chi connectivity index (χ4v) is 3.25. The van der Waals surface area contributed by atoms with E-state index in [4.69, 9.17) is 10.5 Å². The highest BCUT2D eigenvalue weighted by atomic mass is 19.1. The van der Waals surface area contributed by atoms with Crippen LogP contribution in [0.15, 0.2) is 24.3 Å². The fraction of sp³-hybridized carbons (Fsp3) is 0.625. The molecule has 0 aromatic heterocycles. The second-order valence-electron chi connectivity index (χ2n) is 5.87. The third kappa shape index (κ3) is 3.37. The van der Waals surface area contributed by atoms with Crippen molar-refractivity contribution in [2.24, 2.45) is 5.73 Å². The van der Waals surface area contributed by atoms with Crippen LogP contribution in [0.1, 0.15) is 31.2 Å². The van der Waals surface area contributed by atoms with Crippen LogP contribution in [0.5, 0.6) is 0 Å². The van der Waals surface area contributed by atoms with E-state index in [2.05, 4.69) is 11.9 Å². The molecule has 1 fully saturated rings. The van der Waals surface area contributed by atoms with Gasteiger partial charge >= 0.3 is 0 Å². The molecule has 1 aliphatic carbocycles. The molecule has 112 valence electrons. The van der Waals surface area contributed by atoms with Crippen molar-refractivity contribution in [3.8, 4) is 0 Å². The van der Waals surface area contributed by atoms with Crippen LogP contribution in [-0.4, -0.2) is 37.2 Å². The quantitative estimate of drug-likeness (QED) is 0.901. The van der Waals surface area contributed by atoms with Crippen LogP contribution >= 0.6 is 0 Å². The highest BCUT2D eigenvalue weighted by molar-refractivity contribution is 5.16. The summed E-state index contributed by atoms with van der Waals surface area (Å²) in [5.41, 5.74) is 7.02. The number of hydrogen-bond donors (Lipinski definition) is 1. The van der Waals surface area contributed by atoms with E-state index >= 15 is 0 Å². The molecule has 1 saturated carbocycles. The summed E-state index contributed by atoms with van der Waals surface area (Å²) in [4.78, 5) is 2.27. The van der Waals surface area contributed by atoms with E-state index in [-0.39, 0.29) is 17.5 Å². The number of nitrogens with two attached hydrogens (primary N) is 1. The molecular formula is C16H25FN2O. The van der Waals surface area contributed by atoms with Crippen LogP contribution in [0.3, 0.4) is 0 Å². The summed E-state index contributed by atoms with van der Waals surface area (Å²) < 4.78 is 18.8. The third-order valence-electron chi connectivity index (χ3n) is 4.61. The molecule has 0 aliphatic heterocycles. The molecule has 4 heteroatoms. The van der Waals surface area contributed by atoms with Gasteiger partial charge in [0.2, 0.25) is 0 Å². The molecule has 1 aliphatic rings. The number of rotatable bonds is 5. The normalized spacial score (nSPS) is 26.9. The average molecular weight is 280 g/mol. The van der Waals surface area contributed by atoms with Gasteiger partial charge in [-0.2, -0.15) is 0 Å². The zero-order chi connectivity index (χ0) is 14.6. The largest absolute Gasteiger partial charge is 0.381 e. The van der Waals surface area contributed by atoms with Gasteiger partial charge in [0.1, 0.15) is 5.82 Å². The molecule has 1 aromatic carbocycles. The Kier molecular flexibility index (Phi) is 5.13. The van der Waals surface area contributed by atoms with E-state index in [1.165, 1.54) is 6.07 Å². The molecule has 0 saturated heterocycles. The summed E-state index contributed by atoms with van der Waals surface area (Å²) in [6, 6.07) is 6.79. The zero-order valence-electron chi connectivity index (χ0n) is 12.4. The zero-order valence-corrected chi connectivity index (χ0v) is 12.4. The molecule has 20 heavy (non-hydrogen) atoms. The number of halogens is 1. The highest BCUT2D eigenvalue weighted by Crippen LogP contribution is 2.34. The lowest BCUT2D eigenvalue weighted by Gasteiger charge is -2.46. The monoisotopic (exact) mass is 280 g/mol. The van der Waals surface area contributed by atoms with Crippen LogP contribution in [0.2, 0.25) is 0 Å². The number of nitrogens with zero attached hydrogens (tertiary/aromatic N) is 1. The Balaban J connectivity index is 2.10. The Labute approximate surface area is 120 Å². The molecule has 0 heterocycles. The van der Waals surface area contributed by atoms with Gasteiger partial charge in [0.15, 0.2) is 0 Å². The maximum absolute atomic E-state index is 13.3. The first-order chi connectivity index (χ1) is 9.59. The smallest absolute Gasteiger partial charge is 0.123 e. The van der Waals surface area contributed by atoms with Gasteiger partial charge in [-0.15, -0.1) is 0 Å². The van der Waals surface area contributed by atoms with Crippen LogP contribution in [0, 0.1) is 5.82 Å². The lowest BCUT2D eigenvalue weighted by atomic mass is 9.78. The van der Waals surface area contributed by atoms with E-state index in [0.717, 1.165) is 31.2 Å². The molecule has 2 unspecified atom stereocenters. The molecular weight excluding hydrogens is 255 g/mol. The first-order valence-corrected chi connectivity index (χ1v) is 7.28. The maximum Gasteiger partial charge on any atom is 0.123 e. The number of benzene rings is 1. The number of ether oxygens (including phenoxy) is 1. The van der Waals surface area contributed by atoms with Crippen molar-refractivity contribution < 1.29 is 9.13 Å². The molecule has 2 atom stereocenters. The summed E-state index contributed by atoms with van der Waals surface area (Å²) in [7, 11) is 3.85. The first-order valence-electron chi connectivity index (χ1n) is 7.28. The van der Waals surface area contributed by atoms with Crippen molar-refractivity contribution in [1.82, 2.24) is 4.90 Å². The summed E-state index contributed by atoms with van der Waals surface area (Å²) >= 11 is 0. The molecule has 2 N–H and O–H groups in total. The molecule has 3 nitrogen and oxygen atoms in total. The lowest BCUT2D eigenvalue weighted by molar-refractivity contribution is -0.0149. The minimum absolute atomic E-state index is 0.0365. The summed E-state index contributed by atoms with van der Waals surface area (Å²) in [6.45, 7) is 1.32. The van der Waals surface area contributed by atoms with Gasteiger partial charge in [0, 0.05) is 25.7 Å². The topological polar surface area (TPSA) is 38.5 Å². The maximum atomic E-state index is 13.3. The van der Waals surface area contributed by atoms with E-state index in [1.54, 1.807) is 19.2 Å². The Bertz CT molecular complexity index is 440. The summed E-state index contributed by atoms with van der Waals surface area (Å²) in [5, 5.41) is 0. The van der Waals surface area contributed by atoms with Gasteiger partial charge in [0.05, 0.1) is 6.10 Å². The molecule has 0 radical (unpaired) electrons. The lowest BCUT2D eigenvalue weighted by Crippen LogP contribution is -2.55. The third-order valence-corrected chi connectivity index (χ3v) is 4.61. The molecule has 0 spiro atoms.